The molecule has 0 aromatic carbocycles. The number of hydrogen-bond donors (Lipinski definition) is 2. The number of nitrogens with one attached hydrogen (secondary N) is 2. The average Bonchev–Trinajstić information content (AvgIpc) is 2.83. The van der Waals surface area contributed by atoms with Crippen LogP contribution in [-0.2, 0) is 38.1 Å². The van der Waals surface area contributed by atoms with Crippen LogP contribution in [0.1, 0.15) is 25.7 Å². The highest BCUT2D eigenvalue weighted by molar-refractivity contribution is 6.30. The fourth-order valence-electron chi connectivity index (χ4n) is 3.67. The zero-order valence-corrected chi connectivity index (χ0v) is 20.5. The fourth-order valence-corrected chi connectivity index (χ4v) is 3.67. The number of carbonyl (C=O) groups excluding carboxylic acids is 4. The molecule has 2 unspecified atom stereocenters. The molecule has 0 aliphatic carbocycles. The quantitative estimate of drug-likeness (QED) is 0.168. The fraction of sp³-hybridized carbons (Fsp3) is 0.818. The highest BCUT2D eigenvalue weighted by Crippen LogP contribution is 2.14. The van der Waals surface area contributed by atoms with Gasteiger partial charge in [-0.15, -0.1) is 0 Å². The van der Waals surface area contributed by atoms with Gasteiger partial charge in [-0.1, -0.05) is 0 Å². The van der Waals surface area contributed by atoms with Gasteiger partial charge in [0, 0.05) is 0 Å². The molecule has 0 saturated carbocycles. The first kappa shape index (κ1) is 28.0. The number of carbonyl (C=O) groups is 4. The second kappa shape index (κ2) is 14.2. The predicted octanol–water partition coefficient (Wildman–Crippen LogP) is -1.07. The summed E-state index contributed by atoms with van der Waals surface area (Å²) < 4.78 is 20.7. The van der Waals surface area contributed by atoms with Crippen LogP contribution >= 0.6 is 0 Å². The third kappa shape index (κ3) is 9.16. The third-order valence-electron chi connectivity index (χ3n) is 5.79. The summed E-state index contributed by atoms with van der Waals surface area (Å²) in [5, 5.41) is 6.46. The van der Waals surface area contributed by atoms with Gasteiger partial charge in [0.1, 0.15) is 0 Å². The van der Waals surface area contributed by atoms with Gasteiger partial charge in [-0.2, -0.15) is 0 Å². The minimum Gasteiger partial charge on any atom is -0.462 e. The Morgan fingerprint density at radius 1 is 0.676 bits per heavy atom. The summed E-state index contributed by atoms with van der Waals surface area (Å²) in [7, 11) is 6.04. The highest BCUT2D eigenvalue weighted by atomic mass is 16.6. The summed E-state index contributed by atoms with van der Waals surface area (Å²) in [6, 6.07) is 0. The van der Waals surface area contributed by atoms with Gasteiger partial charge in [-0.25, -0.2) is 19.2 Å². The van der Waals surface area contributed by atoms with E-state index in [1.807, 2.05) is 0 Å². The van der Waals surface area contributed by atoms with E-state index >= 15 is 0 Å². The van der Waals surface area contributed by atoms with Gasteiger partial charge in [0.2, 0.25) is 0 Å². The van der Waals surface area contributed by atoms with E-state index in [4.69, 9.17) is 18.9 Å². The molecule has 2 atom stereocenters. The van der Waals surface area contributed by atoms with Crippen molar-refractivity contribution in [2.45, 2.75) is 38.1 Å². The summed E-state index contributed by atoms with van der Waals surface area (Å²) >= 11 is 0. The summed E-state index contributed by atoms with van der Waals surface area (Å²) in [6.45, 7) is 3.83. The van der Waals surface area contributed by atoms with E-state index in [1.54, 1.807) is 0 Å². The van der Waals surface area contributed by atoms with Gasteiger partial charge in [0.05, 0.1) is 13.2 Å². The van der Waals surface area contributed by atoms with E-state index in [9.17, 15) is 19.2 Å². The van der Waals surface area contributed by atoms with Crippen molar-refractivity contribution in [3.63, 3.8) is 0 Å². The molecule has 2 fully saturated rings. The molecule has 2 rings (SSSR count). The van der Waals surface area contributed by atoms with Crippen LogP contribution in [-0.4, -0.2) is 114 Å². The molecule has 0 spiro atoms. The molecular weight excluding hydrogens is 448 g/mol. The Morgan fingerprint density at radius 3 is 1.29 bits per heavy atom. The normalized spacial score (nSPS) is 19.4. The summed E-state index contributed by atoms with van der Waals surface area (Å²) in [5.41, 5.74) is 0. The maximum atomic E-state index is 12.5. The molecule has 0 bridgehead atoms. The first-order valence-corrected chi connectivity index (χ1v) is 11.7. The summed E-state index contributed by atoms with van der Waals surface area (Å²) in [4.78, 5) is 52.2. The Balaban J connectivity index is 1.86. The molecule has 2 aliphatic heterocycles. The molecule has 2 saturated heterocycles. The van der Waals surface area contributed by atoms with Gasteiger partial charge in [-0.05, 0) is 91.9 Å². The number of likely N-dealkylation sites (N-methyl/N-ethyl adjacent to an activating group) is 2. The lowest BCUT2D eigenvalue weighted by Crippen LogP contribution is -2.46. The molecule has 0 radical (unpaired) electrons. The number of nitrogens with zero attached hydrogens (tertiary/aromatic N) is 2. The highest BCUT2D eigenvalue weighted by Gasteiger charge is 2.35. The number of rotatable bonds is 10. The van der Waals surface area contributed by atoms with E-state index in [0.29, 0.717) is 0 Å². The molecule has 12 heteroatoms. The van der Waals surface area contributed by atoms with Gasteiger partial charge in [-0.3, -0.25) is 9.80 Å². The van der Waals surface area contributed by atoms with Crippen LogP contribution in [0.25, 0.3) is 0 Å². The lowest BCUT2D eigenvalue weighted by Gasteiger charge is -2.26. The number of piperidine rings is 2. The van der Waals surface area contributed by atoms with Crippen LogP contribution in [0.3, 0.4) is 0 Å². The standard InChI is InChI=1S/C22H38N4O8/c1-25(2)17(19(27)31-13-15-5-9-23-10-6-15)33-21(29)22(30)34-18(26(3)4)20(28)32-14-16-7-11-24-12-8-16/h15-18,23-24H,5-14H2,1-4H3. The molecule has 2 N–H and O–H groups in total. The van der Waals surface area contributed by atoms with Crippen LogP contribution in [0, 0.1) is 11.8 Å². The van der Waals surface area contributed by atoms with Crippen molar-refractivity contribution in [3.05, 3.63) is 0 Å². The SMILES string of the molecule is CN(C)C(OC(=O)C(=O)OC(C(=O)OCC1CCNCC1)N(C)C)C(=O)OCC1CCNCC1. The zero-order valence-electron chi connectivity index (χ0n) is 20.5. The molecule has 194 valence electrons. The van der Waals surface area contributed by atoms with Crippen LogP contribution in [0.2, 0.25) is 0 Å². The maximum Gasteiger partial charge on any atom is 0.419 e. The number of hydrogen-bond acceptors (Lipinski definition) is 12. The smallest absolute Gasteiger partial charge is 0.419 e. The van der Waals surface area contributed by atoms with Crippen molar-refractivity contribution in [1.29, 1.82) is 0 Å². The van der Waals surface area contributed by atoms with Crippen LogP contribution < -0.4 is 10.6 Å². The molecule has 12 nitrogen and oxygen atoms in total. The Labute approximate surface area is 200 Å². The third-order valence-corrected chi connectivity index (χ3v) is 5.79. The Morgan fingerprint density at radius 2 is 1.00 bits per heavy atom. The zero-order chi connectivity index (χ0) is 25.1. The minimum absolute atomic E-state index is 0.207. The first-order valence-electron chi connectivity index (χ1n) is 11.7. The van der Waals surface area contributed by atoms with Crippen molar-refractivity contribution in [3.8, 4) is 0 Å². The second-order valence-electron chi connectivity index (χ2n) is 9.09. The van der Waals surface area contributed by atoms with Gasteiger partial charge in [0.25, 0.3) is 12.5 Å². The van der Waals surface area contributed by atoms with E-state index in [0.717, 1.165) is 51.9 Å². The second-order valence-corrected chi connectivity index (χ2v) is 9.09. The predicted molar refractivity (Wildman–Crippen MR) is 120 cm³/mol. The molecule has 0 aromatic heterocycles. The van der Waals surface area contributed by atoms with Gasteiger partial charge in [0.15, 0.2) is 0 Å². The van der Waals surface area contributed by atoms with Crippen molar-refractivity contribution in [1.82, 2.24) is 20.4 Å². The van der Waals surface area contributed by atoms with E-state index in [2.05, 4.69) is 10.6 Å². The van der Waals surface area contributed by atoms with Crippen molar-refractivity contribution < 1.29 is 38.1 Å². The Hall–Kier alpha value is -2.28. The average molecular weight is 487 g/mol. The molecule has 2 heterocycles. The van der Waals surface area contributed by atoms with Gasteiger partial charge >= 0.3 is 23.9 Å². The van der Waals surface area contributed by atoms with Crippen LogP contribution in [0.5, 0.6) is 0 Å². The maximum absolute atomic E-state index is 12.5. The summed E-state index contributed by atoms with van der Waals surface area (Å²) in [5.74, 6) is -3.92. The van der Waals surface area contributed by atoms with E-state index in [-0.39, 0.29) is 25.0 Å². The van der Waals surface area contributed by atoms with Crippen molar-refractivity contribution in [2.24, 2.45) is 11.8 Å². The molecule has 0 aromatic rings. The number of ether oxygens (including phenoxy) is 4. The van der Waals surface area contributed by atoms with Crippen LogP contribution in [0.4, 0.5) is 0 Å². The molecule has 2 aliphatic rings. The van der Waals surface area contributed by atoms with Gasteiger partial charge < -0.3 is 29.6 Å². The Bertz CT molecular complexity index is 632. The molecule has 34 heavy (non-hydrogen) atoms. The van der Waals surface area contributed by atoms with Crippen molar-refractivity contribution >= 4 is 23.9 Å². The Kier molecular flexibility index (Phi) is 11.7. The van der Waals surface area contributed by atoms with Crippen molar-refractivity contribution in [2.75, 3.05) is 67.6 Å². The molecule has 0 amide bonds. The van der Waals surface area contributed by atoms with E-state index in [1.165, 1.54) is 38.0 Å². The summed E-state index contributed by atoms with van der Waals surface area (Å²) in [6.07, 6.45) is 0.673. The molecular formula is C22H38N4O8. The minimum atomic E-state index is -1.42. The monoisotopic (exact) mass is 486 g/mol. The topological polar surface area (TPSA) is 136 Å². The lowest BCUT2D eigenvalue weighted by atomic mass is 9.99. The largest absolute Gasteiger partial charge is 0.462 e. The lowest BCUT2D eigenvalue weighted by molar-refractivity contribution is -0.194. The van der Waals surface area contributed by atoms with E-state index < -0.39 is 36.3 Å². The number of esters is 4. The van der Waals surface area contributed by atoms with Crippen LogP contribution in [0.15, 0.2) is 0 Å². The first-order chi connectivity index (χ1) is 16.2.